The Morgan fingerprint density at radius 2 is 1.95 bits per heavy atom. The molecule has 0 saturated carbocycles. The van der Waals surface area contributed by atoms with Crippen LogP contribution in [0.2, 0.25) is 0 Å². The predicted octanol–water partition coefficient (Wildman–Crippen LogP) is 2.44. The highest BCUT2D eigenvalue weighted by molar-refractivity contribution is 7.09. The Balaban J connectivity index is 1.82. The normalized spacial score (nSPS) is 9.95. The Morgan fingerprint density at radius 3 is 2.67 bits per heavy atom. The molecule has 0 aliphatic heterocycles. The van der Waals surface area contributed by atoms with Crippen molar-refractivity contribution in [3.05, 3.63) is 52.2 Å². The molecule has 5 nitrogen and oxygen atoms in total. The number of urea groups is 1. The second kappa shape index (κ2) is 7.44. The fourth-order valence-corrected chi connectivity index (χ4v) is 2.42. The molecule has 2 rings (SSSR count). The zero-order valence-corrected chi connectivity index (χ0v) is 12.4. The first-order valence-electron chi connectivity index (χ1n) is 6.41. The number of para-hydroxylation sites is 1. The van der Waals surface area contributed by atoms with Crippen molar-refractivity contribution in [3.63, 3.8) is 0 Å². The highest BCUT2D eigenvalue weighted by atomic mass is 32.1. The van der Waals surface area contributed by atoms with Gasteiger partial charge in [0.15, 0.2) is 5.78 Å². The Bertz CT molecular complexity index is 611. The van der Waals surface area contributed by atoms with Gasteiger partial charge in [-0.05, 0) is 23.6 Å². The first kappa shape index (κ1) is 15.1. The third kappa shape index (κ3) is 4.32. The summed E-state index contributed by atoms with van der Waals surface area (Å²) in [6, 6.07) is 10.4. The van der Waals surface area contributed by atoms with E-state index in [1.165, 1.54) is 7.11 Å². The van der Waals surface area contributed by atoms with Crippen LogP contribution in [0.4, 0.5) is 4.79 Å². The number of nitrogens with one attached hydrogen (secondary N) is 2. The van der Waals surface area contributed by atoms with Gasteiger partial charge in [0.25, 0.3) is 0 Å². The van der Waals surface area contributed by atoms with Gasteiger partial charge in [0.05, 0.1) is 25.8 Å². The second-order valence-electron chi connectivity index (χ2n) is 4.24. The molecule has 1 aromatic heterocycles. The molecule has 0 saturated heterocycles. The van der Waals surface area contributed by atoms with Crippen molar-refractivity contribution in [2.75, 3.05) is 13.7 Å². The number of rotatable bonds is 6. The molecule has 2 amide bonds. The smallest absolute Gasteiger partial charge is 0.315 e. The number of Topliss-reactive ketones (excluding diaryl/α,β-unsaturated/α-hetero) is 1. The van der Waals surface area contributed by atoms with E-state index in [1.54, 1.807) is 35.6 Å². The maximum atomic E-state index is 12.0. The van der Waals surface area contributed by atoms with Gasteiger partial charge in [0.1, 0.15) is 5.75 Å². The molecule has 6 heteroatoms. The molecule has 1 heterocycles. The minimum atomic E-state index is -0.369. The first-order valence-corrected chi connectivity index (χ1v) is 7.29. The van der Waals surface area contributed by atoms with Crippen LogP contribution in [0.1, 0.15) is 15.2 Å². The summed E-state index contributed by atoms with van der Waals surface area (Å²) in [5, 5.41) is 7.19. The zero-order chi connectivity index (χ0) is 15.1. The van der Waals surface area contributed by atoms with E-state index in [0.29, 0.717) is 17.9 Å². The molecule has 1 aromatic carbocycles. The van der Waals surface area contributed by atoms with E-state index in [-0.39, 0.29) is 18.4 Å². The Morgan fingerprint density at radius 1 is 1.14 bits per heavy atom. The van der Waals surface area contributed by atoms with Crippen molar-refractivity contribution in [2.24, 2.45) is 0 Å². The minimum absolute atomic E-state index is 0.0728. The first-order chi connectivity index (χ1) is 10.2. The van der Waals surface area contributed by atoms with E-state index in [4.69, 9.17) is 4.74 Å². The van der Waals surface area contributed by atoms with Crippen LogP contribution in [-0.4, -0.2) is 25.5 Å². The van der Waals surface area contributed by atoms with Crippen LogP contribution >= 0.6 is 11.3 Å². The van der Waals surface area contributed by atoms with Crippen LogP contribution in [0.3, 0.4) is 0 Å². The summed E-state index contributed by atoms with van der Waals surface area (Å²) in [6.45, 7) is 0.378. The number of amides is 2. The van der Waals surface area contributed by atoms with Crippen LogP contribution in [-0.2, 0) is 6.54 Å². The summed E-state index contributed by atoms with van der Waals surface area (Å²) in [5.74, 6) is 0.307. The molecule has 0 atom stereocenters. The number of carbonyl (C=O) groups excluding carboxylic acids is 2. The van der Waals surface area contributed by atoms with Gasteiger partial charge in [0.2, 0.25) is 0 Å². The highest BCUT2D eigenvalue weighted by Crippen LogP contribution is 2.17. The molecule has 0 aliphatic carbocycles. The topological polar surface area (TPSA) is 67.4 Å². The van der Waals surface area contributed by atoms with Crippen LogP contribution < -0.4 is 15.4 Å². The summed E-state index contributed by atoms with van der Waals surface area (Å²) < 4.78 is 5.12. The number of hydrogen-bond acceptors (Lipinski definition) is 4. The summed E-state index contributed by atoms with van der Waals surface area (Å²) in [7, 11) is 1.51. The predicted molar refractivity (Wildman–Crippen MR) is 81.9 cm³/mol. The maximum Gasteiger partial charge on any atom is 0.315 e. The van der Waals surface area contributed by atoms with Gasteiger partial charge in [-0.3, -0.25) is 4.79 Å². The van der Waals surface area contributed by atoms with Gasteiger partial charge in [-0.2, -0.15) is 0 Å². The summed E-state index contributed by atoms with van der Waals surface area (Å²) in [4.78, 5) is 24.7. The molecule has 0 fully saturated rings. The van der Waals surface area contributed by atoms with Crippen molar-refractivity contribution in [1.82, 2.24) is 10.6 Å². The molecule has 0 radical (unpaired) electrons. The van der Waals surface area contributed by atoms with Gasteiger partial charge in [0, 0.05) is 4.88 Å². The van der Waals surface area contributed by atoms with E-state index < -0.39 is 0 Å². The molecule has 21 heavy (non-hydrogen) atoms. The largest absolute Gasteiger partial charge is 0.496 e. The number of ketones is 1. The monoisotopic (exact) mass is 304 g/mol. The molecule has 0 aliphatic rings. The molecule has 0 spiro atoms. The van der Waals surface area contributed by atoms with Crippen molar-refractivity contribution in [2.45, 2.75) is 6.54 Å². The number of thiophene rings is 1. The number of carbonyl (C=O) groups is 2. The number of hydrogen-bond donors (Lipinski definition) is 2. The van der Waals surface area contributed by atoms with E-state index in [2.05, 4.69) is 10.6 Å². The molecule has 2 N–H and O–H groups in total. The number of methoxy groups -OCH3 is 1. The lowest BCUT2D eigenvalue weighted by atomic mass is 10.1. The van der Waals surface area contributed by atoms with Crippen LogP contribution in [0.5, 0.6) is 5.75 Å². The van der Waals surface area contributed by atoms with Gasteiger partial charge in [-0.15, -0.1) is 11.3 Å². The number of ether oxygens (including phenoxy) is 1. The van der Waals surface area contributed by atoms with Gasteiger partial charge < -0.3 is 15.4 Å². The van der Waals surface area contributed by atoms with E-state index >= 15 is 0 Å². The fourth-order valence-electron chi connectivity index (χ4n) is 1.77. The van der Waals surface area contributed by atoms with Gasteiger partial charge >= 0.3 is 6.03 Å². The summed E-state index contributed by atoms with van der Waals surface area (Å²) in [6.07, 6.45) is 0. The maximum absolute atomic E-state index is 12.0. The zero-order valence-electron chi connectivity index (χ0n) is 11.6. The fraction of sp³-hybridized carbons (Fsp3) is 0.200. The summed E-state index contributed by atoms with van der Waals surface area (Å²) >= 11 is 1.57. The lowest BCUT2D eigenvalue weighted by Gasteiger charge is -2.09. The van der Waals surface area contributed by atoms with Crippen molar-refractivity contribution < 1.29 is 14.3 Å². The Kier molecular flexibility index (Phi) is 5.34. The van der Waals surface area contributed by atoms with Crippen LogP contribution in [0.15, 0.2) is 41.8 Å². The van der Waals surface area contributed by atoms with Crippen molar-refractivity contribution in [1.29, 1.82) is 0 Å². The summed E-state index contributed by atoms with van der Waals surface area (Å²) in [5.41, 5.74) is 0.457. The van der Waals surface area contributed by atoms with E-state index in [9.17, 15) is 9.59 Å². The lowest BCUT2D eigenvalue weighted by Crippen LogP contribution is -2.38. The molecular weight excluding hydrogens is 288 g/mol. The van der Waals surface area contributed by atoms with Crippen molar-refractivity contribution >= 4 is 23.2 Å². The Labute approximate surface area is 126 Å². The van der Waals surface area contributed by atoms with Gasteiger partial charge in [-0.1, -0.05) is 18.2 Å². The van der Waals surface area contributed by atoms with Crippen LogP contribution in [0, 0.1) is 0 Å². The minimum Gasteiger partial charge on any atom is -0.496 e. The highest BCUT2D eigenvalue weighted by Gasteiger charge is 2.12. The average Bonchev–Trinajstić information content (AvgIpc) is 3.04. The average molecular weight is 304 g/mol. The van der Waals surface area contributed by atoms with Crippen molar-refractivity contribution in [3.8, 4) is 5.75 Å². The third-order valence-electron chi connectivity index (χ3n) is 2.82. The molecular formula is C15H16N2O3S. The molecule has 0 bridgehead atoms. The molecule has 2 aromatic rings. The standard InChI is InChI=1S/C15H16N2O3S/c1-20-14-7-3-2-6-12(14)13(18)10-17-15(19)16-9-11-5-4-8-21-11/h2-8H,9-10H2,1H3,(H2,16,17,19). The third-order valence-corrected chi connectivity index (χ3v) is 3.70. The van der Waals surface area contributed by atoms with E-state index in [0.717, 1.165) is 4.88 Å². The molecule has 0 unspecified atom stereocenters. The van der Waals surface area contributed by atoms with Gasteiger partial charge in [-0.25, -0.2) is 4.79 Å². The SMILES string of the molecule is COc1ccccc1C(=O)CNC(=O)NCc1cccs1. The molecule has 110 valence electrons. The second-order valence-corrected chi connectivity index (χ2v) is 5.27. The quantitative estimate of drug-likeness (QED) is 0.806. The van der Waals surface area contributed by atoms with Crippen LogP contribution in [0.25, 0.3) is 0 Å². The van der Waals surface area contributed by atoms with E-state index in [1.807, 2.05) is 17.5 Å². The number of benzene rings is 1. The lowest BCUT2D eigenvalue weighted by molar-refractivity contribution is 0.0989. The Hall–Kier alpha value is -2.34.